The third-order valence-corrected chi connectivity index (χ3v) is 4.95. The molecule has 0 unspecified atom stereocenters. The van der Waals surface area contributed by atoms with Gasteiger partial charge in [0, 0.05) is 18.2 Å². The molecule has 0 saturated heterocycles. The zero-order valence-electron chi connectivity index (χ0n) is 15.5. The van der Waals surface area contributed by atoms with Gasteiger partial charge >= 0.3 is 0 Å². The normalized spacial score (nSPS) is 10.6. The molecule has 2 aromatic heterocycles. The van der Waals surface area contributed by atoms with Crippen molar-refractivity contribution in [3.05, 3.63) is 48.2 Å². The number of nitrogens with one attached hydrogen (secondary N) is 1. The van der Waals surface area contributed by atoms with Gasteiger partial charge in [0.05, 0.1) is 24.7 Å². The fraction of sp³-hybridized carbons (Fsp3) is 0.263. The number of pyridine rings is 1. The molecule has 1 aromatic carbocycles. The van der Waals surface area contributed by atoms with Gasteiger partial charge in [-0.25, -0.2) is 4.98 Å². The lowest BCUT2D eigenvalue weighted by atomic mass is 10.1. The van der Waals surface area contributed by atoms with Gasteiger partial charge in [-0.1, -0.05) is 36.0 Å². The summed E-state index contributed by atoms with van der Waals surface area (Å²) in [5.41, 5.74) is 2.81. The van der Waals surface area contributed by atoms with Crippen LogP contribution in [-0.2, 0) is 11.3 Å². The van der Waals surface area contributed by atoms with E-state index in [4.69, 9.17) is 4.74 Å². The van der Waals surface area contributed by atoms with Crippen LogP contribution in [0.4, 0.5) is 5.69 Å². The molecule has 3 aromatic rings. The van der Waals surface area contributed by atoms with Crippen LogP contribution in [0.15, 0.2) is 47.8 Å². The van der Waals surface area contributed by atoms with Crippen LogP contribution in [0.1, 0.15) is 12.5 Å². The topological polar surface area (TPSA) is 81.9 Å². The van der Waals surface area contributed by atoms with Crippen LogP contribution in [0.2, 0.25) is 0 Å². The van der Waals surface area contributed by atoms with E-state index < -0.39 is 0 Å². The SMILES string of the molecule is CCn1c(SCC(=O)Nc2ccc(OC)nc2)nnc1-c1ccccc1C. The molecule has 0 aliphatic heterocycles. The predicted molar refractivity (Wildman–Crippen MR) is 106 cm³/mol. The lowest BCUT2D eigenvalue weighted by molar-refractivity contribution is -0.113. The summed E-state index contributed by atoms with van der Waals surface area (Å²) in [6.45, 7) is 4.81. The number of hydrogen-bond donors (Lipinski definition) is 1. The van der Waals surface area contributed by atoms with E-state index in [1.165, 1.54) is 11.8 Å². The van der Waals surface area contributed by atoms with E-state index in [9.17, 15) is 4.79 Å². The monoisotopic (exact) mass is 383 g/mol. The summed E-state index contributed by atoms with van der Waals surface area (Å²) in [4.78, 5) is 16.3. The number of aromatic nitrogens is 4. The molecule has 1 N–H and O–H groups in total. The second-order valence-electron chi connectivity index (χ2n) is 5.79. The van der Waals surface area contributed by atoms with Gasteiger partial charge in [0.1, 0.15) is 0 Å². The highest BCUT2D eigenvalue weighted by atomic mass is 32.2. The molecule has 0 aliphatic carbocycles. The molecular weight excluding hydrogens is 362 g/mol. The molecule has 0 bridgehead atoms. The van der Waals surface area contributed by atoms with E-state index in [2.05, 4.69) is 20.5 Å². The van der Waals surface area contributed by atoms with Crippen molar-refractivity contribution in [2.24, 2.45) is 0 Å². The van der Waals surface area contributed by atoms with Crippen LogP contribution in [0.25, 0.3) is 11.4 Å². The van der Waals surface area contributed by atoms with Crippen LogP contribution in [0, 0.1) is 6.92 Å². The standard InChI is InChI=1S/C19H21N5O2S/c1-4-24-18(15-8-6-5-7-13(15)2)22-23-19(24)27-12-16(25)21-14-9-10-17(26-3)20-11-14/h5-11H,4,12H2,1-3H3,(H,21,25). The van der Waals surface area contributed by atoms with Crippen molar-refractivity contribution in [2.45, 2.75) is 25.5 Å². The third kappa shape index (κ3) is 4.46. The largest absolute Gasteiger partial charge is 0.481 e. The molecule has 0 atom stereocenters. The molecule has 3 rings (SSSR count). The zero-order chi connectivity index (χ0) is 19.2. The van der Waals surface area contributed by atoms with E-state index in [1.54, 1.807) is 25.4 Å². The number of amides is 1. The molecule has 8 heteroatoms. The van der Waals surface area contributed by atoms with Gasteiger partial charge in [0.15, 0.2) is 11.0 Å². The fourth-order valence-electron chi connectivity index (χ4n) is 2.61. The maximum Gasteiger partial charge on any atom is 0.234 e. The molecule has 2 heterocycles. The van der Waals surface area contributed by atoms with Gasteiger partial charge in [-0.2, -0.15) is 0 Å². The van der Waals surface area contributed by atoms with Crippen LogP contribution >= 0.6 is 11.8 Å². The number of methoxy groups -OCH3 is 1. The molecule has 1 amide bonds. The minimum absolute atomic E-state index is 0.130. The van der Waals surface area contributed by atoms with Crippen LogP contribution in [0.5, 0.6) is 5.88 Å². The Morgan fingerprint density at radius 1 is 1.22 bits per heavy atom. The number of benzene rings is 1. The van der Waals surface area contributed by atoms with Gasteiger partial charge < -0.3 is 14.6 Å². The van der Waals surface area contributed by atoms with Crippen molar-refractivity contribution in [1.29, 1.82) is 0 Å². The molecule has 0 aliphatic rings. The van der Waals surface area contributed by atoms with Crippen molar-refractivity contribution in [3.8, 4) is 17.3 Å². The Hall–Kier alpha value is -2.87. The van der Waals surface area contributed by atoms with E-state index >= 15 is 0 Å². The van der Waals surface area contributed by atoms with E-state index in [0.717, 1.165) is 28.7 Å². The fourth-order valence-corrected chi connectivity index (χ4v) is 3.41. The van der Waals surface area contributed by atoms with Crippen LogP contribution in [-0.4, -0.2) is 38.5 Å². The summed E-state index contributed by atoms with van der Waals surface area (Å²) in [5, 5.41) is 12.1. The number of ether oxygens (including phenoxy) is 1. The molecule has 140 valence electrons. The Morgan fingerprint density at radius 2 is 2.04 bits per heavy atom. The quantitative estimate of drug-likeness (QED) is 0.630. The highest BCUT2D eigenvalue weighted by Gasteiger charge is 2.15. The average Bonchev–Trinajstić information content (AvgIpc) is 3.10. The van der Waals surface area contributed by atoms with Gasteiger partial charge in [-0.15, -0.1) is 10.2 Å². The molecule has 0 saturated carbocycles. The predicted octanol–water partition coefficient (Wildman–Crippen LogP) is 3.41. The molecule has 27 heavy (non-hydrogen) atoms. The number of nitrogens with zero attached hydrogens (tertiary/aromatic N) is 4. The Bertz CT molecular complexity index is 924. The van der Waals surface area contributed by atoms with Crippen molar-refractivity contribution in [1.82, 2.24) is 19.7 Å². The maximum absolute atomic E-state index is 12.2. The average molecular weight is 383 g/mol. The molecule has 0 radical (unpaired) electrons. The number of carbonyl (C=O) groups is 1. The summed E-state index contributed by atoms with van der Waals surface area (Å²) in [6, 6.07) is 11.5. The summed E-state index contributed by atoms with van der Waals surface area (Å²) < 4.78 is 7.03. The highest BCUT2D eigenvalue weighted by Crippen LogP contribution is 2.26. The molecular formula is C19H21N5O2S. The van der Waals surface area contributed by atoms with E-state index in [0.29, 0.717) is 11.6 Å². The molecule has 0 fully saturated rings. The maximum atomic E-state index is 12.2. The lowest BCUT2D eigenvalue weighted by Gasteiger charge is -2.09. The van der Waals surface area contributed by atoms with Gasteiger partial charge in [0.25, 0.3) is 0 Å². The van der Waals surface area contributed by atoms with Gasteiger partial charge in [0.2, 0.25) is 11.8 Å². The van der Waals surface area contributed by atoms with Gasteiger partial charge in [-0.3, -0.25) is 4.79 Å². The molecule has 7 nitrogen and oxygen atoms in total. The van der Waals surface area contributed by atoms with Gasteiger partial charge in [-0.05, 0) is 25.5 Å². The minimum Gasteiger partial charge on any atom is -0.481 e. The third-order valence-electron chi connectivity index (χ3n) is 3.98. The summed E-state index contributed by atoms with van der Waals surface area (Å²) in [5.74, 6) is 1.42. The first-order chi connectivity index (χ1) is 13.1. The van der Waals surface area contributed by atoms with Crippen LogP contribution in [0.3, 0.4) is 0 Å². The van der Waals surface area contributed by atoms with Crippen molar-refractivity contribution < 1.29 is 9.53 Å². The number of thioether (sulfide) groups is 1. The number of hydrogen-bond acceptors (Lipinski definition) is 6. The van der Waals surface area contributed by atoms with Crippen LogP contribution < -0.4 is 10.1 Å². The smallest absolute Gasteiger partial charge is 0.234 e. The van der Waals surface area contributed by atoms with E-state index in [1.807, 2.05) is 42.7 Å². The Balaban J connectivity index is 1.67. The zero-order valence-corrected chi connectivity index (χ0v) is 16.3. The molecule has 0 spiro atoms. The van der Waals surface area contributed by atoms with E-state index in [-0.39, 0.29) is 11.7 Å². The Labute approximate surface area is 162 Å². The second-order valence-corrected chi connectivity index (χ2v) is 6.73. The summed E-state index contributed by atoms with van der Waals surface area (Å²) >= 11 is 1.36. The second kappa shape index (κ2) is 8.68. The Morgan fingerprint density at radius 3 is 2.70 bits per heavy atom. The summed E-state index contributed by atoms with van der Waals surface area (Å²) in [7, 11) is 1.55. The first-order valence-corrected chi connectivity index (χ1v) is 9.52. The number of anilines is 1. The van der Waals surface area contributed by atoms with Crippen molar-refractivity contribution in [3.63, 3.8) is 0 Å². The number of rotatable bonds is 7. The lowest BCUT2D eigenvalue weighted by Crippen LogP contribution is -2.14. The number of aryl methyl sites for hydroxylation is 1. The highest BCUT2D eigenvalue weighted by molar-refractivity contribution is 7.99. The first kappa shape index (κ1) is 18.9. The Kier molecular flexibility index (Phi) is 6.08. The minimum atomic E-state index is -0.130. The number of carbonyl (C=O) groups excluding carboxylic acids is 1. The first-order valence-electron chi connectivity index (χ1n) is 8.54. The summed E-state index contributed by atoms with van der Waals surface area (Å²) in [6.07, 6.45) is 1.56. The van der Waals surface area contributed by atoms with Crippen molar-refractivity contribution in [2.75, 3.05) is 18.2 Å². The van der Waals surface area contributed by atoms with Crippen molar-refractivity contribution >= 4 is 23.4 Å².